The molecule has 0 bridgehead atoms. The standard InChI is InChI=1S/C47H66N2O2/c1-6-9-11-13-15-17-23-33-50-46-27-21-19-25-42(46)44-35-40(39-29-31-41(32-30-39)49(8-3)37-38(4)5)36-45(48-44)43-26-20-22-28-47(43)51-34-24-18-16-14-12-10-7-2/h19-22,25-32,35-36,38H,6-18,23-24,33-34,37H2,1-5H3. The lowest BCUT2D eigenvalue weighted by molar-refractivity contribution is 0.305. The van der Waals surface area contributed by atoms with Crippen LogP contribution in [0.1, 0.15) is 125 Å². The van der Waals surface area contributed by atoms with Gasteiger partial charge in [0.15, 0.2) is 0 Å². The summed E-state index contributed by atoms with van der Waals surface area (Å²) in [5, 5.41) is 0. The normalized spacial score (nSPS) is 11.3. The van der Waals surface area contributed by atoms with Crippen molar-refractivity contribution in [3.8, 4) is 45.1 Å². The Kier molecular flexibility index (Phi) is 18.0. The first-order valence-corrected chi connectivity index (χ1v) is 20.4. The summed E-state index contributed by atoms with van der Waals surface area (Å²) in [7, 11) is 0. The van der Waals surface area contributed by atoms with E-state index >= 15 is 0 Å². The molecule has 0 fully saturated rings. The van der Waals surface area contributed by atoms with Gasteiger partial charge in [-0.15, -0.1) is 0 Å². The molecule has 0 spiro atoms. The second-order valence-corrected chi connectivity index (χ2v) is 14.5. The highest BCUT2D eigenvalue weighted by Gasteiger charge is 2.16. The number of hydrogen-bond donors (Lipinski definition) is 0. The highest BCUT2D eigenvalue weighted by atomic mass is 16.5. The molecule has 3 aromatic carbocycles. The van der Waals surface area contributed by atoms with Crippen LogP contribution in [0.3, 0.4) is 0 Å². The Hall–Kier alpha value is -3.79. The molecular weight excluding hydrogens is 625 g/mol. The summed E-state index contributed by atoms with van der Waals surface area (Å²) in [6.07, 6.45) is 17.7. The van der Waals surface area contributed by atoms with Crippen LogP contribution in [-0.4, -0.2) is 31.3 Å². The molecule has 0 aliphatic carbocycles. The fourth-order valence-corrected chi connectivity index (χ4v) is 6.79. The zero-order valence-electron chi connectivity index (χ0n) is 32.6. The third kappa shape index (κ3) is 13.4. The summed E-state index contributed by atoms with van der Waals surface area (Å²) >= 11 is 0. The predicted octanol–water partition coefficient (Wildman–Crippen LogP) is 13.8. The van der Waals surface area contributed by atoms with E-state index in [0.29, 0.717) is 5.92 Å². The predicted molar refractivity (Wildman–Crippen MR) is 220 cm³/mol. The molecule has 4 rings (SSSR count). The number of anilines is 1. The molecule has 0 aliphatic rings. The molecule has 4 nitrogen and oxygen atoms in total. The maximum absolute atomic E-state index is 6.46. The number of pyridine rings is 1. The van der Waals surface area contributed by atoms with E-state index in [4.69, 9.17) is 14.5 Å². The van der Waals surface area contributed by atoms with Gasteiger partial charge in [0.25, 0.3) is 0 Å². The Morgan fingerprint density at radius 3 is 1.43 bits per heavy atom. The van der Waals surface area contributed by atoms with Crippen molar-refractivity contribution in [1.29, 1.82) is 0 Å². The fraction of sp³-hybridized carbons (Fsp3) is 0.511. The molecule has 0 aliphatic heterocycles. The molecule has 0 saturated heterocycles. The smallest absolute Gasteiger partial charge is 0.128 e. The Bertz CT molecular complexity index is 1450. The molecule has 51 heavy (non-hydrogen) atoms. The van der Waals surface area contributed by atoms with E-state index in [2.05, 4.69) is 124 Å². The van der Waals surface area contributed by atoms with Crippen molar-refractivity contribution >= 4 is 5.69 Å². The van der Waals surface area contributed by atoms with Crippen molar-refractivity contribution in [2.45, 2.75) is 125 Å². The van der Waals surface area contributed by atoms with Crippen molar-refractivity contribution in [1.82, 2.24) is 4.98 Å². The molecule has 0 saturated carbocycles. The lowest BCUT2D eigenvalue weighted by Gasteiger charge is -2.25. The van der Waals surface area contributed by atoms with Gasteiger partial charge in [-0.05, 0) is 85.3 Å². The monoisotopic (exact) mass is 691 g/mol. The Morgan fingerprint density at radius 1 is 0.529 bits per heavy atom. The Morgan fingerprint density at radius 2 is 0.980 bits per heavy atom. The van der Waals surface area contributed by atoms with Gasteiger partial charge in [0.1, 0.15) is 11.5 Å². The first kappa shape index (κ1) is 40.0. The van der Waals surface area contributed by atoms with Crippen molar-refractivity contribution in [2.24, 2.45) is 5.92 Å². The van der Waals surface area contributed by atoms with Gasteiger partial charge < -0.3 is 14.4 Å². The van der Waals surface area contributed by atoms with E-state index in [1.807, 2.05) is 0 Å². The van der Waals surface area contributed by atoms with Crippen LogP contribution in [0.25, 0.3) is 33.6 Å². The first-order chi connectivity index (χ1) is 25.0. The highest BCUT2D eigenvalue weighted by molar-refractivity contribution is 5.80. The average molecular weight is 691 g/mol. The average Bonchev–Trinajstić information content (AvgIpc) is 3.16. The van der Waals surface area contributed by atoms with E-state index < -0.39 is 0 Å². The minimum Gasteiger partial charge on any atom is -0.493 e. The highest BCUT2D eigenvalue weighted by Crippen LogP contribution is 2.37. The van der Waals surface area contributed by atoms with Gasteiger partial charge in [-0.3, -0.25) is 0 Å². The molecule has 1 heterocycles. The number of ether oxygens (including phenoxy) is 2. The maximum Gasteiger partial charge on any atom is 0.128 e. The number of benzene rings is 3. The fourth-order valence-electron chi connectivity index (χ4n) is 6.79. The van der Waals surface area contributed by atoms with Crippen molar-refractivity contribution in [3.05, 3.63) is 84.9 Å². The lowest BCUT2D eigenvalue weighted by Crippen LogP contribution is -2.27. The largest absolute Gasteiger partial charge is 0.493 e. The summed E-state index contributed by atoms with van der Waals surface area (Å²) in [6.45, 7) is 14.8. The Balaban J connectivity index is 1.61. The molecule has 0 atom stereocenters. The molecular formula is C47H66N2O2. The molecule has 0 unspecified atom stereocenters. The van der Waals surface area contributed by atoms with Crippen LogP contribution in [0.15, 0.2) is 84.9 Å². The van der Waals surface area contributed by atoms with Crippen LogP contribution in [-0.2, 0) is 0 Å². The van der Waals surface area contributed by atoms with E-state index in [9.17, 15) is 0 Å². The molecule has 4 heteroatoms. The van der Waals surface area contributed by atoms with Crippen LogP contribution in [0.5, 0.6) is 11.5 Å². The zero-order valence-corrected chi connectivity index (χ0v) is 32.6. The van der Waals surface area contributed by atoms with Gasteiger partial charge in [0.05, 0.1) is 24.6 Å². The minimum absolute atomic E-state index is 0.608. The van der Waals surface area contributed by atoms with Crippen LogP contribution >= 0.6 is 0 Å². The quantitative estimate of drug-likeness (QED) is 0.0648. The molecule has 4 aromatic rings. The molecule has 276 valence electrons. The lowest BCUT2D eigenvalue weighted by atomic mass is 9.99. The van der Waals surface area contributed by atoms with Crippen LogP contribution in [0.4, 0.5) is 5.69 Å². The first-order valence-electron chi connectivity index (χ1n) is 20.4. The topological polar surface area (TPSA) is 34.6 Å². The molecule has 0 radical (unpaired) electrons. The second kappa shape index (κ2) is 22.9. The van der Waals surface area contributed by atoms with E-state index in [0.717, 1.165) is 78.7 Å². The third-order valence-electron chi connectivity index (χ3n) is 9.70. The van der Waals surface area contributed by atoms with Gasteiger partial charge in [-0.2, -0.15) is 0 Å². The zero-order chi connectivity index (χ0) is 36.1. The van der Waals surface area contributed by atoms with Gasteiger partial charge in [0, 0.05) is 29.9 Å². The van der Waals surface area contributed by atoms with Crippen LogP contribution < -0.4 is 14.4 Å². The number of rotatable bonds is 25. The Labute approximate surface area is 311 Å². The van der Waals surface area contributed by atoms with Crippen LogP contribution in [0.2, 0.25) is 0 Å². The minimum atomic E-state index is 0.608. The van der Waals surface area contributed by atoms with Gasteiger partial charge >= 0.3 is 0 Å². The van der Waals surface area contributed by atoms with E-state index in [-0.39, 0.29) is 0 Å². The van der Waals surface area contributed by atoms with Gasteiger partial charge in [-0.1, -0.05) is 141 Å². The van der Waals surface area contributed by atoms with E-state index in [1.54, 1.807) is 0 Å². The molecule has 0 amide bonds. The maximum atomic E-state index is 6.46. The SMILES string of the molecule is CCCCCCCCCOc1ccccc1-c1cc(-c2ccc(N(CC)CC(C)C)cc2)cc(-c2ccccc2OCCCCCCCCC)n1. The van der Waals surface area contributed by atoms with Gasteiger partial charge in [-0.25, -0.2) is 4.98 Å². The number of aromatic nitrogens is 1. The molecule has 1 aromatic heterocycles. The summed E-state index contributed by atoms with van der Waals surface area (Å²) in [6, 6.07) is 30.3. The molecule has 0 N–H and O–H groups in total. The number of para-hydroxylation sites is 2. The third-order valence-corrected chi connectivity index (χ3v) is 9.70. The summed E-state index contributed by atoms with van der Waals surface area (Å²) in [4.78, 5) is 7.77. The van der Waals surface area contributed by atoms with Crippen LogP contribution in [0, 0.1) is 5.92 Å². The summed E-state index contributed by atoms with van der Waals surface area (Å²) in [5.74, 6) is 2.39. The second-order valence-electron chi connectivity index (χ2n) is 14.5. The summed E-state index contributed by atoms with van der Waals surface area (Å²) in [5.41, 5.74) is 7.45. The van der Waals surface area contributed by atoms with Crippen molar-refractivity contribution in [2.75, 3.05) is 31.2 Å². The van der Waals surface area contributed by atoms with Crippen molar-refractivity contribution in [3.63, 3.8) is 0 Å². The number of hydrogen-bond acceptors (Lipinski definition) is 4. The van der Waals surface area contributed by atoms with Crippen molar-refractivity contribution < 1.29 is 9.47 Å². The summed E-state index contributed by atoms with van der Waals surface area (Å²) < 4.78 is 12.9. The number of unbranched alkanes of at least 4 members (excludes halogenated alkanes) is 12. The number of nitrogens with zero attached hydrogens (tertiary/aromatic N) is 2. The van der Waals surface area contributed by atoms with Gasteiger partial charge in [0.2, 0.25) is 0 Å². The van der Waals surface area contributed by atoms with E-state index in [1.165, 1.54) is 88.3 Å².